The minimum Gasteiger partial charge on any atom is -0.497 e. The molecule has 3 atom stereocenters. The lowest BCUT2D eigenvalue weighted by Gasteiger charge is -2.38. The molecule has 1 aromatic heterocycles. The van der Waals surface area contributed by atoms with Gasteiger partial charge in [0.05, 0.1) is 39.9 Å². The molecule has 0 aliphatic heterocycles. The summed E-state index contributed by atoms with van der Waals surface area (Å²) in [5.41, 5.74) is 2.33. The summed E-state index contributed by atoms with van der Waals surface area (Å²) in [6.07, 6.45) is 2.82. The molecule has 5 rings (SSSR count). The average Bonchev–Trinajstić information content (AvgIpc) is 2.98. The summed E-state index contributed by atoms with van der Waals surface area (Å²) >= 11 is 6.16. The van der Waals surface area contributed by atoms with E-state index in [1.165, 1.54) is 24.4 Å². The highest BCUT2D eigenvalue weighted by molar-refractivity contribution is 8.00. The highest BCUT2D eigenvalue weighted by atomic mass is 35.5. The smallest absolute Gasteiger partial charge is 0.259 e. The van der Waals surface area contributed by atoms with Gasteiger partial charge >= 0.3 is 0 Å². The third-order valence-electron chi connectivity index (χ3n) is 7.29. The molecule has 216 valence electrons. The van der Waals surface area contributed by atoms with Gasteiger partial charge in [0, 0.05) is 29.1 Å². The minimum atomic E-state index is -1.65. The van der Waals surface area contributed by atoms with Crippen LogP contribution in [0, 0.1) is 5.82 Å². The number of hydrogen-bond acceptors (Lipinski definition) is 7. The first kappa shape index (κ1) is 29.3. The van der Waals surface area contributed by atoms with Crippen molar-refractivity contribution in [3.8, 4) is 5.75 Å². The van der Waals surface area contributed by atoms with Crippen molar-refractivity contribution < 1.29 is 22.9 Å². The normalized spacial score (nSPS) is 16.7. The topological polar surface area (TPSA) is 110 Å². The number of carbonyl (C=O) groups excluding carboxylic acids is 2. The fraction of sp³-hybridized carbons (Fsp3) is 0.226. The van der Waals surface area contributed by atoms with E-state index in [1.54, 1.807) is 38.3 Å². The Morgan fingerprint density at radius 3 is 2.43 bits per heavy atom. The predicted octanol–water partition coefficient (Wildman–Crippen LogP) is 6.84. The van der Waals surface area contributed by atoms with Crippen molar-refractivity contribution in [2.45, 2.75) is 31.6 Å². The molecule has 1 aliphatic carbocycles. The first-order chi connectivity index (χ1) is 20.3. The maximum Gasteiger partial charge on any atom is 0.259 e. The SMILES string of the molecule is CCS(=O)C(=O)c1ccccc1C1CCC1c1nc(Nc2ccc(OC)cc2)ncc1C(=O)Nc1c(F)cccc1Cl. The molecule has 1 fully saturated rings. The van der Waals surface area contributed by atoms with Crippen molar-refractivity contribution in [3.05, 3.63) is 106 Å². The molecule has 0 bridgehead atoms. The summed E-state index contributed by atoms with van der Waals surface area (Å²) in [6, 6.07) is 18.5. The highest BCUT2D eigenvalue weighted by Gasteiger charge is 2.39. The van der Waals surface area contributed by atoms with Gasteiger partial charge in [-0.3, -0.25) is 13.8 Å². The van der Waals surface area contributed by atoms with Crippen LogP contribution in [-0.4, -0.2) is 38.1 Å². The van der Waals surface area contributed by atoms with Gasteiger partial charge in [0.25, 0.3) is 5.91 Å². The van der Waals surface area contributed by atoms with Crippen molar-refractivity contribution in [1.82, 2.24) is 9.97 Å². The van der Waals surface area contributed by atoms with Gasteiger partial charge in [0.1, 0.15) is 11.6 Å². The molecular weight excluding hydrogens is 579 g/mol. The molecule has 8 nitrogen and oxygen atoms in total. The van der Waals surface area contributed by atoms with Gasteiger partial charge in [-0.1, -0.05) is 48.9 Å². The fourth-order valence-corrected chi connectivity index (χ4v) is 5.88. The second-order valence-corrected chi connectivity index (χ2v) is 11.7. The van der Waals surface area contributed by atoms with Crippen LogP contribution in [0.25, 0.3) is 0 Å². The number of hydrogen-bond donors (Lipinski definition) is 2. The molecule has 11 heteroatoms. The number of carbonyl (C=O) groups is 2. The molecule has 1 amide bonds. The molecular formula is C31H28ClFN4O4S. The standard InChI is InChI=1S/C31H28ClFN4O4S/c1-3-42(40)30(39)23-8-5-4-7-20(23)21-15-16-22(21)27-24(29(38)36-28-25(32)9-6-10-26(28)33)17-34-31(37-27)35-18-11-13-19(41-2)14-12-18/h4-14,17,21-22H,3,15-16H2,1-2H3,(H,36,38)(H,34,35,37). The lowest BCUT2D eigenvalue weighted by Crippen LogP contribution is -2.28. The number of benzene rings is 3. The second-order valence-electron chi connectivity index (χ2n) is 9.70. The average molecular weight is 607 g/mol. The number of amides is 1. The van der Waals surface area contributed by atoms with E-state index in [2.05, 4.69) is 15.6 Å². The summed E-state index contributed by atoms with van der Waals surface area (Å²) < 4.78 is 32.1. The van der Waals surface area contributed by atoms with E-state index in [1.807, 2.05) is 24.3 Å². The van der Waals surface area contributed by atoms with Gasteiger partial charge < -0.3 is 15.4 Å². The molecule has 42 heavy (non-hydrogen) atoms. The van der Waals surface area contributed by atoms with Gasteiger partial charge in [-0.15, -0.1) is 0 Å². The largest absolute Gasteiger partial charge is 0.497 e. The quantitative estimate of drug-likeness (QED) is 0.214. The van der Waals surface area contributed by atoms with Gasteiger partial charge in [-0.25, -0.2) is 14.4 Å². The first-order valence-electron chi connectivity index (χ1n) is 13.4. The van der Waals surface area contributed by atoms with Crippen LogP contribution in [0.3, 0.4) is 0 Å². The van der Waals surface area contributed by atoms with Crippen LogP contribution in [0.4, 0.5) is 21.7 Å². The van der Waals surface area contributed by atoms with Gasteiger partial charge in [-0.2, -0.15) is 0 Å². The Hall–Kier alpha value is -4.15. The van der Waals surface area contributed by atoms with Crippen molar-refractivity contribution in [2.75, 3.05) is 23.5 Å². The maximum atomic E-state index is 14.5. The van der Waals surface area contributed by atoms with E-state index in [0.29, 0.717) is 29.1 Å². The van der Waals surface area contributed by atoms with Crippen LogP contribution in [0.5, 0.6) is 5.75 Å². The number of anilines is 3. The van der Waals surface area contributed by atoms with Crippen molar-refractivity contribution >= 4 is 50.7 Å². The Morgan fingerprint density at radius 2 is 1.76 bits per heavy atom. The van der Waals surface area contributed by atoms with Gasteiger partial charge in [0.15, 0.2) is 0 Å². The summed E-state index contributed by atoms with van der Waals surface area (Å²) in [6.45, 7) is 1.70. The molecule has 1 aliphatic rings. The number of aromatic nitrogens is 2. The van der Waals surface area contributed by atoms with Crippen molar-refractivity contribution in [3.63, 3.8) is 0 Å². The highest BCUT2D eigenvalue weighted by Crippen LogP contribution is 2.50. The molecule has 1 heterocycles. The number of methoxy groups -OCH3 is 1. The lowest BCUT2D eigenvalue weighted by molar-refractivity contribution is 0.102. The van der Waals surface area contributed by atoms with Gasteiger partial charge in [-0.05, 0) is 60.7 Å². The number of nitrogens with zero attached hydrogens (tertiary/aromatic N) is 2. The number of halogens is 2. The summed E-state index contributed by atoms with van der Waals surface area (Å²) in [5, 5.41) is 5.36. The van der Waals surface area contributed by atoms with E-state index in [4.69, 9.17) is 21.3 Å². The minimum absolute atomic E-state index is 0.0569. The Kier molecular flexibility index (Phi) is 8.94. The van der Waals surface area contributed by atoms with Crippen molar-refractivity contribution in [1.29, 1.82) is 0 Å². The molecule has 0 spiro atoms. The predicted molar refractivity (Wildman–Crippen MR) is 162 cm³/mol. The fourth-order valence-electron chi connectivity index (χ4n) is 4.97. The van der Waals surface area contributed by atoms with E-state index in [-0.39, 0.29) is 39.8 Å². The van der Waals surface area contributed by atoms with E-state index >= 15 is 0 Å². The number of ether oxygens (including phenoxy) is 1. The Bertz CT molecular complexity index is 1650. The molecule has 3 aromatic carbocycles. The van der Waals surface area contributed by atoms with Crippen LogP contribution in [0.1, 0.15) is 63.6 Å². The molecule has 1 saturated carbocycles. The maximum absolute atomic E-state index is 14.5. The Labute approximate surface area is 250 Å². The van der Waals surface area contributed by atoms with Gasteiger partial charge in [0.2, 0.25) is 11.1 Å². The molecule has 2 N–H and O–H groups in total. The zero-order valence-electron chi connectivity index (χ0n) is 22.9. The molecule has 0 saturated heterocycles. The molecule has 3 unspecified atom stereocenters. The van der Waals surface area contributed by atoms with Crippen LogP contribution >= 0.6 is 11.6 Å². The first-order valence-corrected chi connectivity index (χ1v) is 15.0. The van der Waals surface area contributed by atoms with E-state index in [9.17, 15) is 18.2 Å². The summed E-state index contributed by atoms with van der Waals surface area (Å²) in [7, 11) is -0.0664. The lowest BCUT2D eigenvalue weighted by atomic mass is 9.67. The second kappa shape index (κ2) is 12.8. The van der Waals surface area contributed by atoms with Crippen LogP contribution in [0.2, 0.25) is 5.02 Å². The summed E-state index contributed by atoms with van der Waals surface area (Å²) in [4.78, 5) is 35.6. The zero-order valence-corrected chi connectivity index (χ0v) is 24.5. The van der Waals surface area contributed by atoms with E-state index < -0.39 is 27.6 Å². The molecule has 0 radical (unpaired) electrons. The van der Waals surface area contributed by atoms with E-state index in [0.717, 1.165) is 12.0 Å². The monoisotopic (exact) mass is 606 g/mol. The number of rotatable bonds is 9. The third kappa shape index (κ3) is 6.05. The van der Waals surface area contributed by atoms with Crippen molar-refractivity contribution in [2.24, 2.45) is 0 Å². The Balaban J connectivity index is 1.53. The zero-order chi connectivity index (χ0) is 29.8. The molecule has 4 aromatic rings. The Morgan fingerprint density at radius 1 is 1.02 bits per heavy atom. The third-order valence-corrected chi connectivity index (χ3v) is 8.76. The van der Waals surface area contributed by atoms with Crippen LogP contribution in [0.15, 0.2) is 72.9 Å². The van der Waals surface area contributed by atoms with Crippen LogP contribution < -0.4 is 15.4 Å². The number of para-hydroxylation sites is 1. The van der Waals surface area contributed by atoms with Crippen LogP contribution in [-0.2, 0) is 10.8 Å². The summed E-state index contributed by atoms with van der Waals surface area (Å²) in [5.74, 6) is -0.537. The number of nitrogens with one attached hydrogen (secondary N) is 2.